The van der Waals surface area contributed by atoms with Crippen LogP contribution in [0.25, 0.3) is 5.65 Å². The van der Waals surface area contributed by atoms with Gasteiger partial charge in [-0.25, -0.2) is 4.98 Å². The molecule has 0 N–H and O–H groups in total. The zero-order valence-electron chi connectivity index (χ0n) is 13.7. The van der Waals surface area contributed by atoms with Crippen molar-refractivity contribution >= 4 is 23.2 Å². The van der Waals surface area contributed by atoms with E-state index in [0.29, 0.717) is 22.8 Å². The van der Waals surface area contributed by atoms with Crippen molar-refractivity contribution in [1.29, 1.82) is 0 Å². The number of hydrogen-bond acceptors (Lipinski definition) is 4. The first-order valence-corrected chi connectivity index (χ1v) is 8.28. The molecule has 0 spiro atoms. The Balaban J connectivity index is 1.60. The highest BCUT2D eigenvalue weighted by Gasteiger charge is 2.07. The molecule has 0 aliphatic rings. The van der Waals surface area contributed by atoms with Crippen molar-refractivity contribution in [1.82, 2.24) is 9.38 Å². The van der Waals surface area contributed by atoms with Gasteiger partial charge in [0.1, 0.15) is 12.3 Å². The lowest BCUT2D eigenvalue weighted by Crippen LogP contribution is -2.17. The molecule has 6 heteroatoms. The largest absolute Gasteiger partial charge is 0.459 e. The smallest absolute Gasteiger partial charge is 0.306 e. The van der Waals surface area contributed by atoms with Crippen molar-refractivity contribution in [3.05, 3.63) is 80.9 Å². The summed E-state index contributed by atoms with van der Waals surface area (Å²) in [6.07, 6.45) is 2.56. The van der Waals surface area contributed by atoms with Crippen LogP contribution in [0.1, 0.15) is 23.2 Å². The lowest BCUT2D eigenvalue weighted by atomic mass is 10.1. The van der Waals surface area contributed by atoms with Gasteiger partial charge in [-0.1, -0.05) is 29.8 Å². The molecule has 25 heavy (non-hydrogen) atoms. The summed E-state index contributed by atoms with van der Waals surface area (Å²) < 4.78 is 6.70. The molecule has 0 aliphatic carbocycles. The quantitative estimate of drug-likeness (QED) is 0.658. The van der Waals surface area contributed by atoms with Gasteiger partial charge < -0.3 is 4.74 Å². The van der Waals surface area contributed by atoms with Gasteiger partial charge in [0.15, 0.2) is 0 Å². The number of rotatable bonds is 5. The van der Waals surface area contributed by atoms with Crippen LogP contribution in [0.3, 0.4) is 0 Å². The molecule has 0 atom stereocenters. The number of benzene rings is 1. The van der Waals surface area contributed by atoms with Crippen LogP contribution >= 0.6 is 11.6 Å². The summed E-state index contributed by atoms with van der Waals surface area (Å²) in [6, 6.07) is 12.4. The number of pyridine rings is 1. The van der Waals surface area contributed by atoms with E-state index in [1.165, 1.54) is 10.5 Å². The number of aryl methyl sites for hydroxylation is 2. The molecule has 0 bridgehead atoms. The van der Waals surface area contributed by atoms with Gasteiger partial charge in [-0.2, -0.15) is 0 Å². The lowest BCUT2D eigenvalue weighted by molar-refractivity contribution is -0.145. The second-order valence-corrected chi connectivity index (χ2v) is 6.24. The van der Waals surface area contributed by atoms with E-state index < -0.39 is 0 Å². The summed E-state index contributed by atoms with van der Waals surface area (Å²) in [7, 11) is 0. The second kappa shape index (κ2) is 7.49. The minimum atomic E-state index is -0.333. The van der Waals surface area contributed by atoms with E-state index >= 15 is 0 Å². The Kier molecular flexibility index (Phi) is 5.14. The minimum absolute atomic E-state index is 0.0148. The van der Waals surface area contributed by atoms with E-state index in [-0.39, 0.29) is 24.6 Å². The maximum absolute atomic E-state index is 12.1. The molecule has 1 aromatic carbocycles. The molecule has 0 aliphatic heterocycles. The Morgan fingerprint density at radius 3 is 2.72 bits per heavy atom. The van der Waals surface area contributed by atoms with E-state index in [1.54, 1.807) is 24.4 Å². The first-order chi connectivity index (χ1) is 12.0. The third-order valence-corrected chi connectivity index (χ3v) is 4.02. The fraction of sp³-hybridized carbons (Fsp3) is 0.211. The number of ether oxygens (including phenoxy) is 1. The molecule has 0 saturated carbocycles. The molecule has 128 valence electrons. The van der Waals surface area contributed by atoms with Crippen molar-refractivity contribution in [3.63, 3.8) is 0 Å². The standard InChI is InChI=1S/C19H17ClN2O3/c1-13-2-8-17-21-16(10-18(23)22(17)11-13)12-25-19(24)9-5-14-3-6-15(20)7-4-14/h2-4,6-8,10-11H,5,9,12H2,1H3. The van der Waals surface area contributed by atoms with Gasteiger partial charge in [-0.15, -0.1) is 0 Å². The SMILES string of the molecule is Cc1ccc2nc(COC(=O)CCc3ccc(Cl)cc3)cc(=O)n2c1. The van der Waals surface area contributed by atoms with Gasteiger partial charge in [-0.3, -0.25) is 14.0 Å². The van der Waals surface area contributed by atoms with Crippen LogP contribution in [-0.4, -0.2) is 15.4 Å². The average molecular weight is 357 g/mol. The van der Waals surface area contributed by atoms with E-state index in [2.05, 4.69) is 4.98 Å². The molecule has 3 rings (SSSR count). The first-order valence-electron chi connectivity index (χ1n) is 7.90. The number of nitrogens with zero attached hydrogens (tertiary/aromatic N) is 2. The van der Waals surface area contributed by atoms with Crippen LogP contribution in [0.2, 0.25) is 5.02 Å². The highest BCUT2D eigenvalue weighted by molar-refractivity contribution is 6.30. The van der Waals surface area contributed by atoms with Gasteiger partial charge in [0.25, 0.3) is 5.56 Å². The number of aromatic nitrogens is 2. The first kappa shape index (κ1) is 17.2. The molecule has 0 radical (unpaired) electrons. The Morgan fingerprint density at radius 1 is 1.20 bits per heavy atom. The molecule has 2 heterocycles. The van der Waals surface area contributed by atoms with Crippen LogP contribution in [-0.2, 0) is 22.6 Å². The van der Waals surface area contributed by atoms with Crippen LogP contribution in [0, 0.1) is 6.92 Å². The highest BCUT2D eigenvalue weighted by atomic mass is 35.5. The Hall–Kier alpha value is -2.66. The normalized spacial score (nSPS) is 10.8. The van der Waals surface area contributed by atoms with Crippen LogP contribution < -0.4 is 5.56 Å². The summed E-state index contributed by atoms with van der Waals surface area (Å²) in [6.45, 7) is 1.89. The molecule has 0 fully saturated rings. The number of halogens is 1. The van der Waals surface area contributed by atoms with Gasteiger partial charge in [0, 0.05) is 23.7 Å². The minimum Gasteiger partial charge on any atom is -0.459 e. The number of esters is 1. The Labute approximate surface area is 149 Å². The Morgan fingerprint density at radius 2 is 1.96 bits per heavy atom. The fourth-order valence-corrected chi connectivity index (χ4v) is 2.58. The number of fused-ring (bicyclic) bond motifs is 1. The predicted octanol–water partition coefficient (Wildman–Crippen LogP) is 3.33. The zero-order valence-corrected chi connectivity index (χ0v) is 14.5. The zero-order chi connectivity index (χ0) is 17.8. The van der Waals surface area contributed by atoms with Crippen molar-refractivity contribution in [3.8, 4) is 0 Å². The summed E-state index contributed by atoms with van der Waals surface area (Å²) in [4.78, 5) is 28.3. The van der Waals surface area contributed by atoms with Crippen molar-refractivity contribution in [2.75, 3.05) is 0 Å². The molecule has 2 aromatic heterocycles. The van der Waals surface area contributed by atoms with Gasteiger partial charge in [0.05, 0.1) is 5.69 Å². The van der Waals surface area contributed by atoms with Crippen LogP contribution in [0.4, 0.5) is 0 Å². The number of carbonyl (C=O) groups is 1. The molecule has 3 aromatic rings. The molecule has 0 saturated heterocycles. The topological polar surface area (TPSA) is 60.7 Å². The lowest BCUT2D eigenvalue weighted by Gasteiger charge is -2.07. The summed E-state index contributed by atoms with van der Waals surface area (Å²) in [5, 5.41) is 0.662. The third kappa shape index (κ3) is 4.45. The third-order valence-electron chi connectivity index (χ3n) is 3.77. The number of carbonyl (C=O) groups excluding carboxylic acids is 1. The van der Waals surface area contributed by atoms with E-state index in [9.17, 15) is 9.59 Å². The van der Waals surface area contributed by atoms with Crippen molar-refractivity contribution in [2.45, 2.75) is 26.4 Å². The fourth-order valence-electron chi connectivity index (χ4n) is 2.46. The summed E-state index contributed by atoms with van der Waals surface area (Å²) in [5.41, 5.74) is 2.76. The number of hydrogen-bond donors (Lipinski definition) is 0. The molecule has 0 unspecified atom stereocenters. The van der Waals surface area contributed by atoms with Crippen molar-refractivity contribution < 1.29 is 9.53 Å². The monoisotopic (exact) mass is 356 g/mol. The van der Waals surface area contributed by atoms with E-state index in [4.69, 9.17) is 16.3 Å². The van der Waals surface area contributed by atoms with E-state index in [1.807, 2.05) is 25.1 Å². The highest BCUT2D eigenvalue weighted by Crippen LogP contribution is 2.11. The van der Waals surface area contributed by atoms with Crippen LogP contribution in [0.5, 0.6) is 0 Å². The molecular weight excluding hydrogens is 340 g/mol. The Bertz CT molecular complexity index is 965. The van der Waals surface area contributed by atoms with Gasteiger partial charge >= 0.3 is 5.97 Å². The van der Waals surface area contributed by atoms with E-state index in [0.717, 1.165) is 11.1 Å². The maximum atomic E-state index is 12.1. The van der Waals surface area contributed by atoms with Crippen LogP contribution in [0.15, 0.2) is 53.5 Å². The maximum Gasteiger partial charge on any atom is 0.306 e. The predicted molar refractivity (Wildman–Crippen MR) is 95.8 cm³/mol. The molecule has 0 amide bonds. The average Bonchev–Trinajstić information content (AvgIpc) is 2.60. The molecule has 5 nitrogen and oxygen atoms in total. The summed E-state index contributed by atoms with van der Waals surface area (Å²) in [5.74, 6) is -0.333. The molecular formula is C19H17ClN2O3. The van der Waals surface area contributed by atoms with Gasteiger partial charge in [-0.05, 0) is 42.7 Å². The second-order valence-electron chi connectivity index (χ2n) is 5.81. The van der Waals surface area contributed by atoms with Gasteiger partial charge in [0.2, 0.25) is 0 Å². The summed E-state index contributed by atoms with van der Waals surface area (Å²) >= 11 is 5.83. The van der Waals surface area contributed by atoms with Crippen molar-refractivity contribution in [2.24, 2.45) is 0 Å².